The molecule has 0 aliphatic carbocycles. The third kappa shape index (κ3) is 3.95. The van der Waals surface area contributed by atoms with Crippen molar-refractivity contribution in [1.82, 2.24) is 19.9 Å². The lowest BCUT2D eigenvalue weighted by atomic mass is 9.96. The van der Waals surface area contributed by atoms with Crippen molar-refractivity contribution in [2.24, 2.45) is 0 Å². The molecular weight excluding hydrogens is 386 g/mol. The van der Waals surface area contributed by atoms with Crippen LogP contribution in [0.3, 0.4) is 0 Å². The zero-order chi connectivity index (χ0) is 20.2. The number of thiophene rings is 1. The summed E-state index contributed by atoms with van der Waals surface area (Å²) < 4.78 is 5.11. The Balaban J connectivity index is 1.67. The van der Waals surface area contributed by atoms with Gasteiger partial charge in [0.2, 0.25) is 0 Å². The normalized spacial score (nSPS) is 16.9. The molecule has 4 heterocycles. The van der Waals surface area contributed by atoms with Crippen LogP contribution >= 0.6 is 11.3 Å². The first-order chi connectivity index (χ1) is 14.2. The van der Waals surface area contributed by atoms with Crippen LogP contribution in [0.25, 0.3) is 10.2 Å². The Morgan fingerprint density at radius 1 is 1.38 bits per heavy atom. The van der Waals surface area contributed by atoms with E-state index in [-0.39, 0.29) is 11.9 Å². The van der Waals surface area contributed by atoms with Crippen LogP contribution in [0.2, 0.25) is 0 Å². The first kappa shape index (κ1) is 19.7. The summed E-state index contributed by atoms with van der Waals surface area (Å²) in [6, 6.07) is 4.06. The summed E-state index contributed by atoms with van der Waals surface area (Å²) in [6.07, 6.45) is 8.29. The van der Waals surface area contributed by atoms with Crippen molar-refractivity contribution in [2.45, 2.75) is 32.2 Å². The average Bonchev–Trinajstić information content (AvgIpc) is 3.11. The Morgan fingerprint density at radius 2 is 2.28 bits per heavy atom. The SMILES string of the molecule is COCCNc1ncnc2sc(C(=O)N3CCCCC3c3cccnc3)c(C)c12. The molecule has 1 unspecified atom stereocenters. The number of amides is 1. The largest absolute Gasteiger partial charge is 0.383 e. The van der Waals surface area contributed by atoms with Crippen LogP contribution in [0, 0.1) is 6.92 Å². The van der Waals surface area contributed by atoms with Crippen LogP contribution in [0.15, 0.2) is 30.9 Å². The fourth-order valence-corrected chi connectivity index (χ4v) is 5.01. The minimum atomic E-state index is 0.0694. The highest BCUT2D eigenvalue weighted by Gasteiger charge is 2.31. The van der Waals surface area contributed by atoms with Crippen molar-refractivity contribution in [3.63, 3.8) is 0 Å². The molecule has 0 aromatic carbocycles. The number of fused-ring (bicyclic) bond motifs is 1. The number of hydrogen-bond acceptors (Lipinski definition) is 7. The van der Waals surface area contributed by atoms with Gasteiger partial charge in [0.15, 0.2) is 0 Å². The summed E-state index contributed by atoms with van der Waals surface area (Å²) in [7, 11) is 1.67. The number of carbonyl (C=O) groups is 1. The molecule has 3 aromatic rings. The van der Waals surface area contributed by atoms with Gasteiger partial charge in [-0.15, -0.1) is 11.3 Å². The topological polar surface area (TPSA) is 80.2 Å². The number of nitrogens with one attached hydrogen (secondary N) is 1. The Morgan fingerprint density at radius 3 is 3.07 bits per heavy atom. The maximum absolute atomic E-state index is 13.6. The van der Waals surface area contributed by atoms with Gasteiger partial charge in [0.25, 0.3) is 5.91 Å². The second kappa shape index (κ2) is 8.84. The molecule has 1 atom stereocenters. The van der Waals surface area contributed by atoms with Crippen molar-refractivity contribution < 1.29 is 9.53 Å². The lowest BCUT2D eigenvalue weighted by Gasteiger charge is -2.35. The van der Waals surface area contributed by atoms with Gasteiger partial charge in [0, 0.05) is 32.6 Å². The molecular formula is C21H25N5O2S. The Hall–Kier alpha value is -2.58. The number of carbonyl (C=O) groups excluding carboxylic acids is 1. The van der Waals surface area contributed by atoms with E-state index in [9.17, 15) is 4.79 Å². The van der Waals surface area contributed by atoms with Crippen molar-refractivity contribution >= 4 is 33.3 Å². The minimum Gasteiger partial charge on any atom is -0.383 e. The molecule has 0 saturated carbocycles. The zero-order valence-corrected chi connectivity index (χ0v) is 17.5. The smallest absolute Gasteiger partial charge is 0.264 e. The van der Waals surface area contributed by atoms with Crippen LogP contribution in [0.5, 0.6) is 0 Å². The van der Waals surface area contributed by atoms with Gasteiger partial charge in [-0.1, -0.05) is 6.07 Å². The number of aromatic nitrogens is 3. The van der Waals surface area contributed by atoms with Crippen LogP contribution in [-0.4, -0.2) is 52.6 Å². The first-order valence-corrected chi connectivity index (χ1v) is 10.7. The van der Waals surface area contributed by atoms with Crippen molar-refractivity contribution in [1.29, 1.82) is 0 Å². The highest BCUT2D eigenvalue weighted by molar-refractivity contribution is 7.20. The van der Waals surface area contributed by atoms with E-state index in [4.69, 9.17) is 4.74 Å². The molecule has 1 fully saturated rings. The van der Waals surface area contributed by atoms with E-state index in [0.717, 1.165) is 57.8 Å². The molecule has 3 aromatic heterocycles. The fraction of sp³-hybridized carbons (Fsp3) is 0.429. The molecule has 0 bridgehead atoms. The predicted octanol–water partition coefficient (Wildman–Crippen LogP) is 3.82. The lowest BCUT2D eigenvalue weighted by molar-refractivity contribution is 0.0615. The number of pyridine rings is 1. The molecule has 0 radical (unpaired) electrons. The minimum absolute atomic E-state index is 0.0694. The highest BCUT2D eigenvalue weighted by Crippen LogP contribution is 2.37. The molecule has 1 amide bonds. The van der Waals surface area contributed by atoms with Gasteiger partial charge in [-0.2, -0.15) is 0 Å². The summed E-state index contributed by atoms with van der Waals surface area (Å²) in [5, 5.41) is 4.22. The second-order valence-corrected chi connectivity index (χ2v) is 8.17. The molecule has 4 rings (SSSR count). The Kier molecular flexibility index (Phi) is 6.01. The van der Waals surface area contributed by atoms with Crippen LogP contribution in [0.4, 0.5) is 5.82 Å². The third-order valence-electron chi connectivity index (χ3n) is 5.35. The third-order valence-corrected chi connectivity index (χ3v) is 6.54. The molecule has 1 N–H and O–H groups in total. The number of methoxy groups -OCH3 is 1. The molecule has 0 spiro atoms. The van der Waals surface area contributed by atoms with E-state index in [0.29, 0.717) is 13.2 Å². The number of rotatable bonds is 6. The number of aryl methyl sites for hydroxylation is 1. The van der Waals surface area contributed by atoms with E-state index < -0.39 is 0 Å². The maximum Gasteiger partial charge on any atom is 0.264 e. The molecule has 1 aliphatic rings. The summed E-state index contributed by atoms with van der Waals surface area (Å²) in [5.41, 5.74) is 2.03. The summed E-state index contributed by atoms with van der Waals surface area (Å²) in [5.74, 6) is 0.823. The van der Waals surface area contributed by atoms with Crippen molar-refractivity contribution in [2.75, 3.05) is 32.1 Å². The van der Waals surface area contributed by atoms with Gasteiger partial charge >= 0.3 is 0 Å². The number of anilines is 1. The number of hydrogen-bond donors (Lipinski definition) is 1. The Bertz CT molecular complexity index is 991. The second-order valence-electron chi connectivity index (χ2n) is 7.17. The van der Waals surface area contributed by atoms with Crippen LogP contribution in [-0.2, 0) is 4.74 Å². The number of piperidine rings is 1. The first-order valence-electron chi connectivity index (χ1n) is 9.88. The predicted molar refractivity (Wildman–Crippen MR) is 114 cm³/mol. The maximum atomic E-state index is 13.6. The standard InChI is InChI=1S/C21H25N5O2S/c1-14-17-19(23-9-11-28-2)24-13-25-20(17)29-18(14)21(27)26-10-4-3-7-16(26)15-6-5-8-22-12-15/h5-6,8,12-13,16H,3-4,7,9-11H2,1-2H3,(H,23,24,25). The van der Waals surface area contributed by atoms with Gasteiger partial charge in [0.1, 0.15) is 17.0 Å². The number of nitrogens with zero attached hydrogens (tertiary/aromatic N) is 4. The molecule has 152 valence electrons. The monoisotopic (exact) mass is 411 g/mol. The zero-order valence-electron chi connectivity index (χ0n) is 16.7. The number of ether oxygens (including phenoxy) is 1. The van der Waals surface area contributed by atoms with E-state index in [2.05, 4.69) is 26.3 Å². The van der Waals surface area contributed by atoms with E-state index in [1.165, 1.54) is 11.3 Å². The fourth-order valence-electron chi connectivity index (χ4n) is 3.91. The van der Waals surface area contributed by atoms with E-state index >= 15 is 0 Å². The van der Waals surface area contributed by atoms with Gasteiger partial charge in [-0.05, 0) is 43.4 Å². The number of likely N-dealkylation sites (tertiary alicyclic amines) is 1. The van der Waals surface area contributed by atoms with E-state index in [1.54, 1.807) is 19.6 Å². The summed E-state index contributed by atoms with van der Waals surface area (Å²) in [4.78, 5) is 30.2. The molecule has 1 saturated heterocycles. The van der Waals surface area contributed by atoms with Crippen LogP contribution < -0.4 is 5.32 Å². The van der Waals surface area contributed by atoms with Crippen LogP contribution in [0.1, 0.15) is 46.1 Å². The van der Waals surface area contributed by atoms with Gasteiger partial charge < -0.3 is 15.0 Å². The summed E-state index contributed by atoms with van der Waals surface area (Å²) >= 11 is 1.45. The van der Waals surface area contributed by atoms with Gasteiger partial charge in [-0.3, -0.25) is 9.78 Å². The molecule has 8 heteroatoms. The lowest BCUT2D eigenvalue weighted by Crippen LogP contribution is -2.38. The molecule has 7 nitrogen and oxygen atoms in total. The van der Waals surface area contributed by atoms with Crippen molar-refractivity contribution in [3.05, 3.63) is 46.9 Å². The quantitative estimate of drug-likeness (QED) is 0.621. The van der Waals surface area contributed by atoms with Gasteiger partial charge in [-0.25, -0.2) is 9.97 Å². The van der Waals surface area contributed by atoms with E-state index in [1.807, 2.05) is 24.1 Å². The van der Waals surface area contributed by atoms with Gasteiger partial charge in [0.05, 0.1) is 22.9 Å². The average molecular weight is 412 g/mol. The molecule has 29 heavy (non-hydrogen) atoms. The highest BCUT2D eigenvalue weighted by atomic mass is 32.1. The summed E-state index contributed by atoms with van der Waals surface area (Å²) in [6.45, 7) is 3.98. The molecule has 1 aliphatic heterocycles. The Labute approximate surface area is 174 Å². The van der Waals surface area contributed by atoms with Crippen molar-refractivity contribution in [3.8, 4) is 0 Å².